The average Bonchev–Trinajstić information content (AvgIpc) is 2.93. The van der Waals surface area contributed by atoms with Crippen molar-refractivity contribution < 1.29 is 9.59 Å². The summed E-state index contributed by atoms with van der Waals surface area (Å²) in [6.45, 7) is 8.82. The summed E-state index contributed by atoms with van der Waals surface area (Å²) in [6.07, 6.45) is 6.48. The summed E-state index contributed by atoms with van der Waals surface area (Å²) in [5.74, 6) is 0.467. The van der Waals surface area contributed by atoms with E-state index in [1.54, 1.807) is 0 Å². The lowest BCUT2D eigenvalue weighted by Crippen LogP contribution is -2.59. The van der Waals surface area contributed by atoms with E-state index in [0.717, 1.165) is 58.3 Å². The molecule has 158 valence electrons. The standard InChI is InChI=1S/C24H35N3O2/c1-19-8-6-9-20(16-19)17-26-15-14-25-12-7-13-27(18-21(25)22(26)28)23(29)24(2)10-4-3-5-11-24/h6,8-9,16,21H,3-5,7,10-15,17-18H2,1-2H3. The van der Waals surface area contributed by atoms with Crippen LogP contribution in [0.5, 0.6) is 0 Å². The molecule has 3 fully saturated rings. The first-order valence-electron chi connectivity index (χ1n) is 11.3. The molecule has 1 aromatic carbocycles. The molecule has 29 heavy (non-hydrogen) atoms. The van der Waals surface area contributed by atoms with Crippen molar-refractivity contribution in [3.8, 4) is 0 Å². The van der Waals surface area contributed by atoms with Crippen molar-refractivity contribution in [2.24, 2.45) is 5.41 Å². The van der Waals surface area contributed by atoms with Gasteiger partial charge in [0.25, 0.3) is 0 Å². The molecule has 1 saturated carbocycles. The second kappa shape index (κ2) is 8.47. The minimum Gasteiger partial charge on any atom is -0.340 e. The lowest BCUT2D eigenvalue weighted by molar-refractivity contribution is -0.147. The number of carbonyl (C=O) groups is 2. The summed E-state index contributed by atoms with van der Waals surface area (Å²) in [4.78, 5) is 33.1. The molecule has 0 radical (unpaired) electrons. The van der Waals surface area contributed by atoms with E-state index < -0.39 is 0 Å². The molecule has 2 heterocycles. The van der Waals surface area contributed by atoms with Crippen molar-refractivity contribution in [2.45, 2.75) is 65.0 Å². The number of hydrogen-bond acceptors (Lipinski definition) is 3. The molecular weight excluding hydrogens is 362 g/mol. The van der Waals surface area contributed by atoms with Crippen molar-refractivity contribution in [3.05, 3.63) is 35.4 Å². The number of hydrogen-bond donors (Lipinski definition) is 0. The lowest BCUT2D eigenvalue weighted by atomic mass is 9.74. The molecule has 5 heteroatoms. The van der Waals surface area contributed by atoms with E-state index in [0.29, 0.717) is 13.1 Å². The number of carbonyl (C=O) groups excluding carboxylic acids is 2. The number of fused-ring (bicyclic) bond motifs is 1. The molecule has 0 bridgehead atoms. The van der Waals surface area contributed by atoms with Gasteiger partial charge in [0.1, 0.15) is 6.04 Å². The molecule has 0 N–H and O–H groups in total. The van der Waals surface area contributed by atoms with Crippen LogP contribution in [0, 0.1) is 12.3 Å². The van der Waals surface area contributed by atoms with Gasteiger partial charge in [-0.25, -0.2) is 0 Å². The third-order valence-electron chi connectivity index (χ3n) is 7.18. The molecule has 3 aliphatic rings. The fraction of sp³-hybridized carbons (Fsp3) is 0.667. The number of aryl methyl sites for hydroxylation is 1. The number of rotatable bonds is 3. The highest BCUT2D eigenvalue weighted by molar-refractivity contribution is 5.86. The van der Waals surface area contributed by atoms with Gasteiger partial charge in [0.2, 0.25) is 11.8 Å². The van der Waals surface area contributed by atoms with Crippen molar-refractivity contribution >= 4 is 11.8 Å². The monoisotopic (exact) mass is 397 g/mol. The Morgan fingerprint density at radius 3 is 2.62 bits per heavy atom. The Hall–Kier alpha value is -1.88. The van der Waals surface area contributed by atoms with Gasteiger partial charge in [-0.3, -0.25) is 14.5 Å². The van der Waals surface area contributed by atoms with Gasteiger partial charge in [-0.15, -0.1) is 0 Å². The molecule has 5 nitrogen and oxygen atoms in total. The smallest absolute Gasteiger partial charge is 0.242 e. The topological polar surface area (TPSA) is 43.9 Å². The Kier molecular flexibility index (Phi) is 5.95. The van der Waals surface area contributed by atoms with E-state index in [2.05, 4.69) is 43.0 Å². The first-order chi connectivity index (χ1) is 14.0. The largest absolute Gasteiger partial charge is 0.340 e. The van der Waals surface area contributed by atoms with E-state index in [9.17, 15) is 9.59 Å². The highest BCUT2D eigenvalue weighted by atomic mass is 16.2. The third kappa shape index (κ3) is 4.35. The van der Waals surface area contributed by atoms with Crippen molar-refractivity contribution in [3.63, 3.8) is 0 Å². The van der Waals surface area contributed by atoms with E-state index in [4.69, 9.17) is 0 Å². The first kappa shape index (κ1) is 20.4. The molecule has 2 saturated heterocycles. The van der Waals surface area contributed by atoms with Crippen LogP contribution in [0.4, 0.5) is 0 Å². The van der Waals surface area contributed by atoms with Crippen LogP contribution in [0.1, 0.15) is 56.6 Å². The molecule has 1 aromatic rings. The minimum atomic E-state index is -0.230. The van der Waals surface area contributed by atoms with Crippen LogP contribution in [-0.2, 0) is 16.1 Å². The number of nitrogens with zero attached hydrogens (tertiary/aromatic N) is 3. The zero-order valence-corrected chi connectivity index (χ0v) is 18.0. The van der Waals surface area contributed by atoms with Crippen molar-refractivity contribution in [2.75, 3.05) is 32.7 Å². The maximum absolute atomic E-state index is 13.4. The summed E-state index contributed by atoms with van der Waals surface area (Å²) in [7, 11) is 0. The lowest BCUT2D eigenvalue weighted by Gasteiger charge is -2.42. The van der Waals surface area contributed by atoms with E-state index in [1.807, 2.05) is 9.80 Å². The minimum absolute atomic E-state index is 0.186. The van der Waals surface area contributed by atoms with Crippen LogP contribution in [0.15, 0.2) is 24.3 Å². The molecule has 4 rings (SSSR count). The van der Waals surface area contributed by atoms with Crippen LogP contribution < -0.4 is 0 Å². The van der Waals surface area contributed by atoms with E-state index in [1.165, 1.54) is 17.5 Å². The summed E-state index contributed by atoms with van der Waals surface area (Å²) in [5, 5.41) is 0. The second-order valence-corrected chi connectivity index (χ2v) is 9.53. The number of benzene rings is 1. The SMILES string of the molecule is Cc1cccc(CN2CCN3CCCN(C(=O)C4(C)CCCCC4)CC3C2=O)c1. The Bertz CT molecular complexity index is 756. The molecule has 0 spiro atoms. The predicted molar refractivity (Wildman–Crippen MR) is 114 cm³/mol. The quantitative estimate of drug-likeness (QED) is 0.787. The Morgan fingerprint density at radius 1 is 1.07 bits per heavy atom. The van der Waals surface area contributed by atoms with Gasteiger partial charge in [-0.05, 0) is 31.7 Å². The molecule has 0 aromatic heterocycles. The number of amides is 2. The normalized spacial score (nSPS) is 25.4. The summed E-state index contributed by atoms with van der Waals surface area (Å²) in [6, 6.07) is 8.21. The van der Waals surface area contributed by atoms with Crippen LogP contribution in [0.25, 0.3) is 0 Å². The van der Waals surface area contributed by atoms with Crippen molar-refractivity contribution in [1.82, 2.24) is 14.7 Å². The van der Waals surface area contributed by atoms with Gasteiger partial charge in [0, 0.05) is 44.7 Å². The van der Waals surface area contributed by atoms with Gasteiger partial charge < -0.3 is 9.80 Å². The molecule has 1 atom stereocenters. The first-order valence-corrected chi connectivity index (χ1v) is 11.3. The Balaban J connectivity index is 1.47. The van der Waals surface area contributed by atoms with Gasteiger partial charge in [-0.1, -0.05) is 56.0 Å². The maximum atomic E-state index is 13.4. The molecule has 2 amide bonds. The van der Waals surface area contributed by atoms with Crippen LogP contribution in [0.2, 0.25) is 0 Å². The van der Waals surface area contributed by atoms with E-state index in [-0.39, 0.29) is 23.3 Å². The summed E-state index contributed by atoms with van der Waals surface area (Å²) in [5.41, 5.74) is 2.18. The molecule has 1 aliphatic carbocycles. The summed E-state index contributed by atoms with van der Waals surface area (Å²) < 4.78 is 0. The molecule has 2 aliphatic heterocycles. The van der Waals surface area contributed by atoms with Crippen molar-refractivity contribution in [1.29, 1.82) is 0 Å². The predicted octanol–water partition coefficient (Wildman–Crippen LogP) is 3.21. The highest BCUT2D eigenvalue weighted by Gasteiger charge is 2.42. The second-order valence-electron chi connectivity index (χ2n) is 9.53. The highest BCUT2D eigenvalue weighted by Crippen LogP contribution is 2.38. The Labute approximate surface area is 175 Å². The van der Waals surface area contributed by atoms with Crippen LogP contribution in [-0.4, -0.2) is 65.3 Å². The van der Waals surface area contributed by atoms with Gasteiger partial charge in [-0.2, -0.15) is 0 Å². The van der Waals surface area contributed by atoms with E-state index >= 15 is 0 Å². The van der Waals surface area contributed by atoms with Gasteiger partial charge in [0.15, 0.2) is 0 Å². The fourth-order valence-corrected chi connectivity index (χ4v) is 5.41. The Morgan fingerprint density at radius 2 is 1.86 bits per heavy atom. The van der Waals surface area contributed by atoms with Crippen LogP contribution >= 0.6 is 0 Å². The average molecular weight is 398 g/mol. The number of piperazine rings is 1. The third-order valence-corrected chi connectivity index (χ3v) is 7.18. The fourth-order valence-electron chi connectivity index (χ4n) is 5.41. The summed E-state index contributed by atoms with van der Waals surface area (Å²) >= 11 is 0. The zero-order chi connectivity index (χ0) is 20.4. The maximum Gasteiger partial charge on any atom is 0.242 e. The van der Waals surface area contributed by atoms with Gasteiger partial charge >= 0.3 is 0 Å². The van der Waals surface area contributed by atoms with Gasteiger partial charge in [0.05, 0.1) is 0 Å². The zero-order valence-electron chi connectivity index (χ0n) is 18.0. The molecule has 1 unspecified atom stereocenters. The molecular formula is C24H35N3O2. The van der Waals surface area contributed by atoms with Crippen LogP contribution in [0.3, 0.4) is 0 Å².